The van der Waals surface area contributed by atoms with Gasteiger partial charge < -0.3 is 4.74 Å². The number of rotatable bonds is 2. The monoisotopic (exact) mass is 408 g/mol. The summed E-state index contributed by atoms with van der Waals surface area (Å²) in [5.41, 5.74) is -0.528. The predicted molar refractivity (Wildman–Crippen MR) is 83.7 cm³/mol. The maximum Gasteiger partial charge on any atom is 0.436 e. The molecule has 1 amide bonds. The lowest BCUT2D eigenvalue weighted by molar-refractivity contribution is -0.137. The van der Waals surface area contributed by atoms with Crippen LogP contribution in [0.2, 0.25) is 0 Å². The molecule has 0 radical (unpaired) electrons. The summed E-state index contributed by atoms with van der Waals surface area (Å²) in [7, 11) is 0. The Hall–Kier alpha value is -1.61. The van der Waals surface area contributed by atoms with Crippen molar-refractivity contribution in [2.75, 3.05) is 6.61 Å². The molecule has 0 spiro atoms. The Kier molecular flexibility index (Phi) is 5.30. The summed E-state index contributed by atoms with van der Waals surface area (Å²) in [6.07, 6.45) is -5.24. The first-order valence-corrected chi connectivity index (χ1v) is 8.12. The van der Waals surface area contributed by atoms with E-state index >= 15 is 0 Å². The van der Waals surface area contributed by atoms with Crippen LogP contribution in [0.15, 0.2) is 33.9 Å². The van der Waals surface area contributed by atoms with Gasteiger partial charge in [0.1, 0.15) is 4.60 Å². The number of carbonyl (C=O) groups is 1. The summed E-state index contributed by atoms with van der Waals surface area (Å²) in [6, 6.07) is 4.80. The van der Waals surface area contributed by atoms with Crippen molar-refractivity contribution < 1.29 is 22.7 Å². The van der Waals surface area contributed by atoms with Crippen LogP contribution >= 0.6 is 27.3 Å². The van der Waals surface area contributed by atoms with Crippen LogP contribution in [0, 0.1) is 6.92 Å². The lowest BCUT2D eigenvalue weighted by atomic mass is 10.2. The first kappa shape index (κ1) is 17.7. The van der Waals surface area contributed by atoms with Crippen molar-refractivity contribution in [2.45, 2.75) is 20.0 Å². The highest BCUT2D eigenvalue weighted by Gasteiger charge is 2.30. The summed E-state index contributed by atoms with van der Waals surface area (Å²) in [5, 5.41) is 0. The molecule has 0 fully saturated rings. The zero-order valence-electron chi connectivity index (χ0n) is 12.1. The highest BCUT2D eigenvalue weighted by atomic mass is 79.9. The van der Waals surface area contributed by atoms with Crippen molar-refractivity contribution in [3.8, 4) is 5.69 Å². The van der Waals surface area contributed by atoms with Gasteiger partial charge in [0, 0.05) is 10.6 Å². The van der Waals surface area contributed by atoms with E-state index in [-0.39, 0.29) is 17.1 Å². The van der Waals surface area contributed by atoms with Crippen LogP contribution in [0.5, 0.6) is 0 Å². The normalized spacial score (nSPS) is 12.5. The van der Waals surface area contributed by atoms with E-state index in [1.54, 1.807) is 13.8 Å². The molecular formula is C14H12BrF3N2O2S. The van der Waals surface area contributed by atoms with E-state index < -0.39 is 17.8 Å². The van der Waals surface area contributed by atoms with Gasteiger partial charge in [-0.2, -0.15) is 13.2 Å². The van der Waals surface area contributed by atoms with E-state index in [9.17, 15) is 18.0 Å². The number of hydrogen-bond donors (Lipinski definition) is 0. The molecule has 0 aliphatic heterocycles. The van der Waals surface area contributed by atoms with E-state index in [1.165, 1.54) is 28.0 Å². The van der Waals surface area contributed by atoms with Gasteiger partial charge in [-0.1, -0.05) is 6.07 Å². The van der Waals surface area contributed by atoms with Gasteiger partial charge in [0.2, 0.25) is 4.80 Å². The molecule has 2 aromatic rings. The number of alkyl halides is 3. The molecule has 23 heavy (non-hydrogen) atoms. The number of ether oxygens (including phenoxy) is 1. The second kappa shape index (κ2) is 6.88. The minimum absolute atomic E-state index is 0.164. The smallest absolute Gasteiger partial charge is 0.436 e. The van der Waals surface area contributed by atoms with Gasteiger partial charge in [0.05, 0.1) is 12.2 Å². The van der Waals surface area contributed by atoms with E-state index in [1.807, 2.05) is 0 Å². The third-order valence-corrected chi connectivity index (χ3v) is 4.98. The average molecular weight is 409 g/mol. The fourth-order valence-electron chi connectivity index (χ4n) is 1.82. The maximum absolute atomic E-state index is 12.9. The summed E-state index contributed by atoms with van der Waals surface area (Å²) in [6.45, 7) is 3.57. The Morgan fingerprint density at radius 3 is 2.74 bits per heavy atom. The van der Waals surface area contributed by atoms with Crippen molar-refractivity contribution in [3.63, 3.8) is 0 Å². The third-order valence-electron chi connectivity index (χ3n) is 2.81. The summed E-state index contributed by atoms with van der Waals surface area (Å²) in [4.78, 5) is 16.4. The van der Waals surface area contributed by atoms with Crippen molar-refractivity contribution in [2.24, 2.45) is 4.99 Å². The number of carbonyl (C=O) groups excluding carboxylic acids is 1. The highest BCUT2D eigenvalue weighted by Crippen LogP contribution is 2.31. The molecule has 1 aromatic carbocycles. The van der Waals surface area contributed by atoms with Gasteiger partial charge in [0.15, 0.2) is 0 Å². The van der Waals surface area contributed by atoms with E-state index in [0.717, 1.165) is 17.0 Å². The largest absolute Gasteiger partial charge is 0.448 e. The van der Waals surface area contributed by atoms with Crippen LogP contribution < -0.4 is 4.80 Å². The Morgan fingerprint density at radius 2 is 2.13 bits per heavy atom. The first-order chi connectivity index (χ1) is 10.7. The second-order valence-electron chi connectivity index (χ2n) is 4.43. The minimum atomic E-state index is -4.45. The number of benzene rings is 1. The number of aromatic nitrogens is 1. The fourth-order valence-corrected chi connectivity index (χ4v) is 3.41. The van der Waals surface area contributed by atoms with Gasteiger partial charge in [-0.15, -0.1) is 16.3 Å². The molecule has 0 saturated heterocycles. The van der Waals surface area contributed by atoms with Crippen molar-refractivity contribution in [1.29, 1.82) is 0 Å². The molecule has 2 rings (SSSR count). The SMILES string of the molecule is CCOC(=O)/N=c1/sc(C)c(Br)n1-c1cccc(C(F)(F)F)c1. The van der Waals surface area contributed by atoms with Gasteiger partial charge in [-0.25, -0.2) is 4.79 Å². The molecule has 0 N–H and O–H groups in total. The highest BCUT2D eigenvalue weighted by molar-refractivity contribution is 9.10. The topological polar surface area (TPSA) is 43.6 Å². The molecule has 0 aliphatic carbocycles. The van der Waals surface area contributed by atoms with Crippen molar-refractivity contribution in [1.82, 2.24) is 4.57 Å². The quantitative estimate of drug-likeness (QED) is 0.723. The number of aryl methyl sites for hydroxylation is 1. The van der Waals surface area contributed by atoms with Crippen LogP contribution in [-0.4, -0.2) is 17.3 Å². The summed E-state index contributed by atoms with van der Waals surface area (Å²) >= 11 is 4.49. The van der Waals surface area contributed by atoms with E-state index in [4.69, 9.17) is 4.74 Å². The third kappa shape index (κ3) is 4.03. The van der Waals surface area contributed by atoms with Crippen molar-refractivity contribution >= 4 is 33.4 Å². The lowest BCUT2D eigenvalue weighted by Crippen LogP contribution is -2.17. The summed E-state index contributed by atoms with van der Waals surface area (Å²) < 4.78 is 45.4. The average Bonchev–Trinajstić information content (AvgIpc) is 2.73. The van der Waals surface area contributed by atoms with Gasteiger partial charge in [-0.3, -0.25) is 4.57 Å². The first-order valence-electron chi connectivity index (χ1n) is 6.51. The Balaban J connectivity index is 2.62. The van der Waals surface area contributed by atoms with Crippen LogP contribution in [-0.2, 0) is 10.9 Å². The number of halogens is 4. The number of hydrogen-bond acceptors (Lipinski definition) is 3. The van der Waals surface area contributed by atoms with E-state index in [2.05, 4.69) is 20.9 Å². The van der Waals surface area contributed by atoms with Crippen LogP contribution in [0.4, 0.5) is 18.0 Å². The van der Waals surface area contributed by atoms with E-state index in [0.29, 0.717) is 4.60 Å². The molecule has 124 valence electrons. The molecule has 4 nitrogen and oxygen atoms in total. The van der Waals surface area contributed by atoms with Gasteiger partial charge >= 0.3 is 12.3 Å². The molecule has 0 atom stereocenters. The van der Waals surface area contributed by atoms with Gasteiger partial charge in [0.25, 0.3) is 0 Å². The molecule has 0 unspecified atom stereocenters. The molecule has 1 heterocycles. The fraction of sp³-hybridized carbons (Fsp3) is 0.286. The Bertz CT molecular complexity index is 796. The number of nitrogens with zero attached hydrogens (tertiary/aromatic N) is 2. The zero-order valence-corrected chi connectivity index (χ0v) is 14.6. The van der Waals surface area contributed by atoms with Crippen LogP contribution in [0.1, 0.15) is 17.4 Å². The zero-order chi connectivity index (χ0) is 17.2. The molecule has 0 saturated carbocycles. The van der Waals surface area contributed by atoms with Gasteiger partial charge in [-0.05, 0) is 48.0 Å². The standard InChI is InChI=1S/C14H12BrF3N2O2S/c1-3-22-13(21)19-12-20(11(15)8(2)23-12)10-6-4-5-9(7-10)14(16,17)18/h4-7H,3H2,1-2H3/b19-12+. The van der Waals surface area contributed by atoms with Crippen molar-refractivity contribution in [3.05, 3.63) is 44.1 Å². The van der Waals surface area contributed by atoms with Crippen LogP contribution in [0.3, 0.4) is 0 Å². The summed E-state index contributed by atoms with van der Waals surface area (Å²) in [5.74, 6) is 0. The number of thiazole rings is 1. The molecule has 1 aromatic heterocycles. The maximum atomic E-state index is 12.9. The number of amides is 1. The molecule has 9 heteroatoms. The molecular weight excluding hydrogens is 397 g/mol. The predicted octanol–water partition coefficient (Wildman–Crippen LogP) is 4.69. The molecule has 0 aliphatic rings. The lowest BCUT2D eigenvalue weighted by Gasteiger charge is -2.10. The Labute approximate surface area is 142 Å². The van der Waals surface area contributed by atoms with Crippen LogP contribution in [0.25, 0.3) is 5.69 Å². The second-order valence-corrected chi connectivity index (χ2v) is 6.36. The Morgan fingerprint density at radius 1 is 1.43 bits per heavy atom. The molecule has 0 bridgehead atoms. The minimum Gasteiger partial charge on any atom is -0.448 e.